The highest BCUT2D eigenvalue weighted by Crippen LogP contribution is 2.39. The van der Waals surface area contributed by atoms with Gasteiger partial charge in [-0.2, -0.15) is 5.10 Å². The summed E-state index contributed by atoms with van der Waals surface area (Å²) in [7, 11) is 1.85. The molecule has 3 heterocycles. The summed E-state index contributed by atoms with van der Waals surface area (Å²) in [6.07, 6.45) is 4.85. The van der Waals surface area contributed by atoms with E-state index in [2.05, 4.69) is 20.7 Å². The van der Waals surface area contributed by atoms with Gasteiger partial charge in [-0.3, -0.25) is 19.8 Å². The first-order valence-corrected chi connectivity index (χ1v) is 6.71. The van der Waals surface area contributed by atoms with Gasteiger partial charge in [0, 0.05) is 30.1 Å². The zero-order valence-corrected chi connectivity index (χ0v) is 11.4. The van der Waals surface area contributed by atoms with Gasteiger partial charge in [0.15, 0.2) is 0 Å². The highest BCUT2D eigenvalue weighted by atomic mass is 16.2. The molecule has 1 aliphatic heterocycles. The van der Waals surface area contributed by atoms with Crippen molar-refractivity contribution in [1.29, 1.82) is 0 Å². The second-order valence-electron chi connectivity index (χ2n) is 5.41. The number of fused-ring (bicyclic) bond motifs is 2. The molecule has 7 heteroatoms. The number of aromatic nitrogens is 3. The van der Waals surface area contributed by atoms with Crippen molar-refractivity contribution in [1.82, 2.24) is 25.4 Å². The number of aryl methyl sites for hydroxylation is 2. The molecule has 1 fully saturated rings. The van der Waals surface area contributed by atoms with E-state index in [4.69, 9.17) is 0 Å². The molecule has 0 bridgehead atoms. The number of nitrogens with one attached hydrogen (secondary N) is 2. The summed E-state index contributed by atoms with van der Waals surface area (Å²) in [4.78, 5) is 28.2. The van der Waals surface area contributed by atoms with Crippen LogP contribution in [0.4, 0.5) is 4.79 Å². The van der Waals surface area contributed by atoms with Gasteiger partial charge < -0.3 is 5.32 Å². The number of hydrogen-bond donors (Lipinski definition) is 2. The zero-order chi connectivity index (χ0) is 14.6. The summed E-state index contributed by atoms with van der Waals surface area (Å²) in [6.45, 7) is 0. The number of hydrogen-bond acceptors (Lipinski definition) is 4. The molecule has 2 aliphatic rings. The predicted octanol–water partition coefficient (Wildman–Crippen LogP) is 0.463. The van der Waals surface area contributed by atoms with Gasteiger partial charge in [-0.15, -0.1) is 0 Å². The van der Waals surface area contributed by atoms with Crippen LogP contribution in [-0.4, -0.2) is 26.7 Å². The maximum absolute atomic E-state index is 12.1. The van der Waals surface area contributed by atoms with Crippen LogP contribution in [0.15, 0.2) is 24.5 Å². The molecule has 4 rings (SSSR count). The van der Waals surface area contributed by atoms with Crippen LogP contribution in [0.2, 0.25) is 0 Å². The zero-order valence-electron chi connectivity index (χ0n) is 11.4. The molecule has 2 aromatic heterocycles. The molecule has 2 aromatic rings. The van der Waals surface area contributed by atoms with Crippen molar-refractivity contribution in [2.24, 2.45) is 7.05 Å². The number of carbonyl (C=O) groups is 2. The van der Waals surface area contributed by atoms with Gasteiger partial charge in [0.05, 0.1) is 11.9 Å². The lowest BCUT2D eigenvalue weighted by Gasteiger charge is -2.20. The molecule has 0 aromatic carbocycles. The number of amides is 3. The Hall–Kier alpha value is -2.70. The predicted molar refractivity (Wildman–Crippen MR) is 73.1 cm³/mol. The molecule has 7 nitrogen and oxygen atoms in total. The van der Waals surface area contributed by atoms with E-state index in [-0.39, 0.29) is 5.91 Å². The molecular weight excluding hydrogens is 270 g/mol. The van der Waals surface area contributed by atoms with Crippen LogP contribution < -0.4 is 10.6 Å². The number of carbonyl (C=O) groups excluding carboxylic acids is 2. The number of nitrogens with zero attached hydrogens (tertiary/aromatic N) is 3. The average Bonchev–Trinajstić information content (AvgIpc) is 3.11. The van der Waals surface area contributed by atoms with Gasteiger partial charge >= 0.3 is 6.03 Å². The molecule has 21 heavy (non-hydrogen) atoms. The lowest BCUT2D eigenvalue weighted by atomic mass is 9.93. The highest BCUT2D eigenvalue weighted by Gasteiger charge is 2.51. The summed E-state index contributed by atoms with van der Waals surface area (Å²) >= 11 is 0. The van der Waals surface area contributed by atoms with Crippen molar-refractivity contribution in [3.63, 3.8) is 0 Å². The van der Waals surface area contributed by atoms with Gasteiger partial charge in [0.1, 0.15) is 5.54 Å². The molecule has 3 amide bonds. The molecule has 106 valence electrons. The fraction of sp³-hybridized carbons (Fsp3) is 0.286. The standard InChI is InChI=1S/C14H13N5O2/c1-19-7-8(6-15-19)10-3-2-9-11(16-10)4-5-14(9)12(20)17-13(21)18-14/h2-3,6-7H,4-5H2,1H3,(H2,17,18,20,21). The minimum absolute atomic E-state index is 0.290. The summed E-state index contributed by atoms with van der Waals surface area (Å²) in [5.74, 6) is -0.290. The molecule has 2 N–H and O–H groups in total. The van der Waals surface area contributed by atoms with E-state index < -0.39 is 11.6 Å². The van der Waals surface area contributed by atoms with Crippen molar-refractivity contribution in [2.75, 3.05) is 0 Å². The largest absolute Gasteiger partial charge is 0.322 e. The molecule has 0 radical (unpaired) electrons. The van der Waals surface area contributed by atoms with Gasteiger partial charge in [0.25, 0.3) is 5.91 Å². The smallest absolute Gasteiger partial charge is 0.319 e. The van der Waals surface area contributed by atoms with Crippen LogP contribution in [0, 0.1) is 0 Å². The summed E-state index contributed by atoms with van der Waals surface area (Å²) in [5, 5.41) is 9.19. The third kappa shape index (κ3) is 1.60. The van der Waals surface area contributed by atoms with Crippen LogP contribution in [0.1, 0.15) is 17.7 Å². The molecule has 0 saturated carbocycles. The first-order valence-electron chi connectivity index (χ1n) is 6.71. The van der Waals surface area contributed by atoms with Crippen LogP contribution in [0.25, 0.3) is 11.3 Å². The van der Waals surface area contributed by atoms with Crippen LogP contribution in [0.5, 0.6) is 0 Å². The molecule has 1 unspecified atom stereocenters. The lowest BCUT2D eigenvalue weighted by molar-refractivity contribution is -0.124. The Labute approximate surface area is 120 Å². The minimum atomic E-state index is -0.938. The van der Waals surface area contributed by atoms with E-state index in [0.717, 1.165) is 22.5 Å². The molecule has 1 aliphatic carbocycles. The van der Waals surface area contributed by atoms with Crippen molar-refractivity contribution < 1.29 is 9.59 Å². The maximum Gasteiger partial charge on any atom is 0.322 e. The minimum Gasteiger partial charge on any atom is -0.319 e. The van der Waals surface area contributed by atoms with Crippen molar-refractivity contribution in [2.45, 2.75) is 18.4 Å². The van der Waals surface area contributed by atoms with Crippen molar-refractivity contribution in [3.05, 3.63) is 35.8 Å². The van der Waals surface area contributed by atoms with Gasteiger partial charge in [-0.1, -0.05) is 6.07 Å². The average molecular weight is 283 g/mol. The Kier molecular flexibility index (Phi) is 2.25. The molecule has 1 spiro atoms. The Morgan fingerprint density at radius 2 is 2.19 bits per heavy atom. The topological polar surface area (TPSA) is 88.9 Å². The monoisotopic (exact) mass is 283 g/mol. The Balaban J connectivity index is 1.79. The van der Waals surface area contributed by atoms with E-state index >= 15 is 0 Å². The van der Waals surface area contributed by atoms with Gasteiger partial charge in [0.2, 0.25) is 0 Å². The van der Waals surface area contributed by atoms with E-state index in [1.54, 1.807) is 10.9 Å². The number of imide groups is 1. The van der Waals surface area contributed by atoms with E-state index in [1.165, 1.54) is 0 Å². The second-order valence-corrected chi connectivity index (χ2v) is 5.41. The van der Waals surface area contributed by atoms with Crippen LogP contribution in [-0.2, 0) is 23.8 Å². The highest BCUT2D eigenvalue weighted by molar-refractivity contribution is 6.08. The van der Waals surface area contributed by atoms with Crippen LogP contribution in [0.3, 0.4) is 0 Å². The normalized spacial score (nSPS) is 23.3. The first-order chi connectivity index (χ1) is 10.1. The number of rotatable bonds is 1. The fourth-order valence-corrected chi connectivity index (χ4v) is 3.09. The SMILES string of the molecule is Cn1cc(-c2ccc3c(n2)CCC32NC(=O)NC2=O)cn1. The van der Waals surface area contributed by atoms with Crippen molar-refractivity contribution in [3.8, 4) is 11.3 Å². The van der Waals surface area contributed by atoms with Gasteiger partial charge in [-0.25, -0.2) is 4.79 Å². The third-order valence-electron chi connectivity index (χ3n) is 4.11. The molecule has 1 saturated heterocycles. The molecule has 1 atom stereocenters. The van der Waals surface area contributed by atoms with Crippen molar-refractivity contribution >= 4 is 11.9 Å². The lowest BCUT2D eigenvalue weighted by Crippen LogP contribution is -2.41. The molecular formula is C14H13N5O2. The summed E-state index contributed by atoms with van der Waals surface area (Å²) < 4.78 is 1.72. The van der Waals surface area contributed by atoms with E-state index in [9.17, 15) is 9.59 Å². The number of urea groups is 1. The third-order valence-corrected chi connectivity index (χ3v) is 4.11. The quantitative estimate of drug-likeness (QED) is 0.744. The maximum atomic E-state index is 12.1. The second kappa shape index (κ2) is 3.91. The first kappa shape index (κ1) is 12.1. The summed E-state index contributed by atoms with van der Waals surface area (Å²) in [5.41, 5.74) is 2.46. The Bertz CT molecular complexity index is 781. The number of pyridine rings is 1. The van der Waals surface area contributed by atoms with E-state index in [1.807, 2.05) is 25.4 Å². The fourth-order valence-electron chi connectivity index (χ4n) is 3.09. The summed E-state index contributed by atoms with van der Waals surface area (Å²) in [6, 6.07) is 3.30. The van der Waals surface area contributed by atoms with Gasteiger partial charge in [-0.05, 0) is 18.9 Å². The van der Waals surface area contributed by atoms with Crippen LogP contribution >= 0.6 is 0 Å². The Morgan fingerprint density at radius 3 is 2.86 bits per heavy atom. The van der Waals surface area contributed by atoms with E-state index in [0.29, 0.717) is 12.8 Å². The Morgan fingerprint density at radius 1 is 1.33 bits per heavy atom.